The van der Waals surface area contributed by atoms with Gasteiger partial charge in [-0.2, -0.15) is 10.1 Å². The summed E-state index contributed by atoms with van der Waals surface area (Å²) in [6.45, 7) is 8.64. The molecule has 0 spiro atoms. The average Bonchev–Trinajstić information content (AvgIpc) is 3.58. The first-order chi connectivity index (χ1) is 20.0. The summed E-state index contributed by atoms with van der Waals surface area (Å²) in [5, 5.41) is 3.95. The molecular weight excluding hydrogens is 556 g/mol. The Morgan fingerprint density at radius 1 is 1.05 bits per heavy atom. The molecule has 1 fully saturated rings. The van der Waals surface area contributed by atoms with Gasteiger partial charge in [0.05, 0.1) is 18.4 Å². The fraction of sp³-hybridized carbons (Fsp3) is 0.333. The zero-order valence-electron chi connectivity index (χ0n) is 24.3. The van der Waals surface area contributed by atoms with Crippen LogP contribution in [0.4, 0.5) is 5.95 Å². The molecule has 2 aromatic heterocycles. The summed E-state index contributed by atoms with van der Waals surface area (Å²) >= 11 is 0. The summed E-state index contributed by atoms with van der Waals surface area (Å²) in [6, 6.07) is 13.5. The number of hydrogen-bond donors (Lipinski definition) is 1. The number of sulfonamides is 1. The van der Waals surface area contributed by atoms with E-state index < -0.39 is 10.0 Å². The highest BCUT2D eigenvalue weighted by molar-refractivity contribution is 7.92. The maximum atomic E-state index is 13.0. The van der Waals surface area contributed by atoms with Crippen LogP contribution in [0.2, 0.25) is 0 Å². The van der Waals surface area contributed by atoms with Gasteiger partial charge in [-0.1, -0.05) is 30.3 Å². The molecule has 1 aliphatic heterocycles. The van der Waals surface area contributed by atoms with Crippen molar-refractivity contribution in [1.29, 1.82) is 0 Å². The molecule has 1 saturated heterocycles. The molecular formula is C30H34N6O5S. The van der Waals surface area contributed by atoms with Crippen LogP contribution in [0.15, 0.2) is 59.8 Å². The van der Waals surface area contributed by atoms with Crippen molar-refractivity contribution >= 4 is 21.9 Å². The summed E-state index contributed by atoms with van der Waals surface area (Å²) in [5.74, 6) is 0.641. The molecule has 1 unspecified atom stereocenters. The van der Waals surface area contributed by atoms with Gasteiger partial charge in [0.1, 0.15) is 16.7 Å². The van der Waals surface area contributed by atoms with Crippen LogP contribution in [-0.4, -0.2) is 64.8 Å². The highest BCUT2D eigenvalue weighted by Crippen LogP contribution is 2.30. The van der Waals surface area contributed by atoms with Crippen molar-refractivity contribution in [2.24, 2.45) is 7.05 Å². The number of rotatable bonds is 9. The van der Waals surface area contributed by atoms with Crippen molar-refractivity contribution in [3.05, 3.63) is 77.1 Å². The Labute approximate surface area is 245 Å². The predicted octanol–water partition coefficient (Wildman–Crippen LogP) is 3.97. The number of aryl methyl sites for hydroxylation is 5. The van der Waals surface area contributed by atoms with Crippen molar-refractivity contribution < 1.29 is 22.7 Å². The minimum Gasteiger partial charge on any atom is -0.483 e. The third kappa shape index (κ3) is 6.54. The second-order valence-corrected chi connectivity index (χ2v) is 12.2. The largest absolute Gasteiger partial charge is 0.483 e. The normalized spacial score (nSPS) is 15.1. The molecule has 2 aromatic carbocycles. The summed E-state index contributed by atoms with van der Waals surface area (Å²) < 4.78 is 42.0. The second kappa shape index (κ2) is 11.8. The number of ether oxygens (including phenoxy) is 2. The zero-order valence-corrected chi connectivity index (χ0v) is 25.1. The van der Waals surface area contributed by atoms with E-state index in [1.54, 1.807) is 18.0 Å². The Balaban J connectivity index is 1.34. The van der Waals surface area contributed by atoms with E-state index in [4.69, 9.17) is 9.47 Å². The lowest BCUT2D eigenvalue weighted by atomic mass is 10.00. The first kappa shape index (κ1) is 29.1. The number of anilines is 1. The molecule has 1 N–H and O–H groups in total. The van der Waals surface area contributed by atoms with E-state index in [1.807, 2.05) is 64.1 Å². The fourth-order valence-electron chi connectivity index (χ4n) is 4.91. The van der Waals surface area contributed by atoms with Gasteiger partial charge in [-0.25, -0.2) is 18.1 Å². The average molecular weight is 591 g/mol. The van der Waals surface area contributed by atoms with Crippen molar-refractivity contribution in [2.75, 3.05) is 24.4 Å². The highest BCUT2D eigenvalue weighted by Gasteiger charge is 2.29. The van der Waals surface area contributed by atoms with Gasteiger partial charge < -0.3 is 14.4 Å². The molecule has 1 aliphatic rings. The summed E-state index contributed by atoms with van der Waals surface area (Å²) in [6.07, 6.45) is 2.90. The molecule has 0 saturated carbocycles. The zero-order chi connectivity index (χ0) is 30.0. The quantitative estimate of drug-likeness (QED) is 0.310. The molecule has 11 nitrogen and oxygen atoms in total. The van der Waals surface area contributed by atoms with Crippen LogP contribution in [0, 0.1) is 27.7 Å². The van der Waals surface area contributed by atoms with Gasteiger partial charge in [0, 0.05) is 37.8 Å². The van der Waals surface area contributed by atoms with Crippen molar-refractivity contribution in [1.82, 2.24) is 24.6 Å². The molecule has 0 radical (unpaired) electrons. The van der Waals surface area contributed by atoms with Gasteiger partial charge in [0.15, 0.2) is 6.61 Å². The number of likely N-dealkylation sites (tertiary alicyclic amines) is 1. The predicted molar refractivity (Wildman–Crippen MR) is 158 cm³/mol. The van der Waals surface area contributed by atoms with Crippen molar-refractivity contribution in [3.8, 4) is 22.9 Å². The third-order valence-electron chi connectivity index (χ3n) is 7.14. The van der Waals surface area contributed by atoms with Gasteiger partial charge in [-0.15, -0.1) is 0 Å². The minimum absolute atomic E-state index is 0.0124. The van der Waals surface area contributed by atoms with E-state index in [9.17, 15) is 13.2 Å². The number of nitrogens with zero attached hydrogens (tertiary/aromatic N) is 5. The van der Waals surface area contributed by atoms with Crippen LogP contribution in [0.25, 0.3) is 11.3 Å². The number of amides is 1. The van der Waals surface area contributed by atoms with Crippen LogP contribution in [0.5, 0.6) is 11.6 Å². The van der Waals surface area contributed by atoms with Crippen molar-refractivity contribution in [3.63, 3.8) is 0 Å². The van der Waals surface area contributed by atoms with Crippen molar-refractivity contribution in [2.45, 2.75) is 45.1 Å². The van der Waals surface area contributed by atoms with E-state index >= 15 is 0 Å². The molecule has 1 atom stereocenters. The van der Waals surface area contributed by atoms with E-state index in [0.717, 1.165) is 27.8 Å². The Bertz CT molecular complexity index is 1720. The minimum atomic E-state index is -3.99. The maximum Gasteiger partial charge on any atom is 0.267 e. The SMILES string of the molecule is Cc1ccc(C)c(OCC(=O)N2CCC(Oc3cc(-c4c(C)cccc4C)nc(NS(=O)(=O)c4cnn(C)c4)n3)C2)c1. The molecule has 5 rings (SSSR count). The first-order valence-corrected chi connectivity index (χ1v) is 15.1. The molecule has 3 heterocycles. The fourth-order valence-corrected chi connectivity index (χ4v) is 5.84. The number of aromatic nitrogens is 4. The summed E-state index contributed by atoms with van der Waals surface area (Å²) in [5.41, 5.74) is 5.36. The number of carbonyl (C=O) groups is 1. The van der Waals surface area contributed by atoms with Crippen LogP contribution < -0.4 is 14.2 Å². The van der Waals surface area contributed by atoms with Crippen LogP contribution in [0.3, 0.4) is 0 Å². The van der Waals surface area contributed by atoms with E-state index in [1.165, 1.54) is 17.1 Å². The van der Waals surface area contributed by atoms with Crippen LogP contribution >= 0.6 is 0 Å². The summed E-state index contributed by atoms with van der Waals surface area (Å²) in [4.78, 5) is 23.5. The monoisotopic (exact) mass is 590 g/mol. The third-order valence-corrected chi connectivity index (χ3v) is 8.42. The van der Waals surface area contributed by atoms with Gasteiger partial charge in [0.2, 0.25) is 11.8 Å². The van der Waals surface area contributed by atoms with Gasteiger partial charge in [0.25, 0.3) is 15.9 Å². The lowest BCUT2D eigenvalue weighted by Gasteiger charge is -2.18. The Hall–Kier alpha value is -4.45. The Kier molecular flexibility index (Phi) is 8.17. The van der Waals surface area contributed by atoms with Gasteiger partial charge in [-0.05, 0) is 56.0 Å². The highest BCUT2D eigenvalue weighted by atomic mass is 32.2. The topological polar surface area (TPSA) is 129 Å². The molecule has 1 amide bonds. The van der Waals surface area contributed by atoms with Gasteiger partial charge >= 0.3 is 0 Å². The molecule has 0 bridgehead atoms. The second-order valence-electron chi connectivity index (χ2n) is 10.6. The number of benzene rings is 2. The first-order valence-electron chi connectivity index (χ1n) is 13.6. The Morgan fingerprint density at radius 3 is 2.52 bits per heavy atom. The van der Waals surface area contributed by atoms with E-state index in [0.29, 0.717) is 31.0 Å². The standard InChI is InChI=1S/C30H34N6O5S/c1-19-9-10-20(2)26(13-19)40-18-28(37)36-12-11-23(16-36)41-27-14-25(29-21(3)7-6-8-22(29)4)32-30(33-27)34-42(38,39)24-15-31-35(5)17-24/h6-10,13-15,17,23H,11-12,16,18H2,1-5H3,(H,32,33,34). The summed E-state index contributed by atoms with van der Waals surface area (Å²) in [7, 11) is -2.36. The number of carbonyl (C=O) groups excluding carboxylic acids is 1. The molecule has 42 heavy (non-hydrogen) atoms. The smallest absolute Gasteiger partial charge is 0.267 e. The lowest BCUT2D eigenvalue weighted by Crippen LogP contribution is -2.34. The van der Waals surface area contributed by atoms with E-state index in [-0.39, 0.29) is 35.3 Å². The number of nitrogens with one attached hydrogen (secondary N) is 1. The van der Waals surface area contributed by atoms with Crippen LogP contribution in [-0.2, 0) is 21.9 Å². The Morgan fingerprint density at radius 2 is 1.81 bits per heavy atom. The lowest BCUT2D eigenvalue weighted by molar-refractivity contribution is -0.132. The van der Waals surface area contributed by atoms with Crippen LogP contribution in [0.1, 0.15) is 28.7 Å². The molecule has 12 heteroatoms. The number of hydrogen-bond acceptors (Lipinski definition) is 8. The van der Waals surface area contributed by atoms with E-state index in [2.05, 4.69) is 19.8 Å². The molecule has 0 aliphatic carbocycles. The molecule has 4 aromatic rings. The maximum absolute atomic E-state index is 13.0. The van der Waals surface area contributed by atoms with Gasteiger partial charge in [-0.3, -0.25) is 9.48 Å². The molecule has 220 valence electrons.